The van der Waals surface area contributed by atoms with Crippen LogP contribution in [0.3, 0.4) is 0 Å². The molecule has 2 aliphatic rings. The number of nitrogens with zero attached hydrogens (tertiary/aromatic N) is 3. The average molecular weight is 859 g/mol. The van der Waals surface area contributed by atoms with E-state index in [9.17, 15) is 86.4 Å². The first-order chi connectivity index (χ1) is 22.7. The molecule has 2 atom stereocenters. The third kappa shape index (κ3) is 15.9. The number of quaternary nitrogens is 2. The van der Waals surface area contributed by atoms with Crippen molar-refractivity contribution in [1.29, 1.82) is 0 Å². The van der Waals surface area contributed by atoms with Crippen LogP contribution in [-0.2, 0) is 44.8 Å². The van der Waals surface area contributed by atoms with E-state index in [2.05, 4.69) is 13.8 Å². The van der Waals surface area contributed by atoms with Crippen LogP contribution in [-0.4, -0.2) is 119 Å². The molecule has 2 aliphatic heterocycles. The van der Waals surface area contributed by atoms with Crippen LogP contribution in [0.1, 0.15) is 58.8 Å². The summed E-state index contributed by atoms with van der Waals surface area (Å²) in [7, 11) is -26.9. The number of likely N-dealkylation sites (N-methyl/N-ethyl adjacent to an activating group) is 1. The zero-order chi connectivity index (χ0) is 40.4. The summed E-state index contributed by atoms with van der Waals surface area (Å²) in [4.78, 5) is 1.82. The van der Waals surface area contributed by atoms with E-state index in [1.165, 1.54) is 88.7 Å². The van der Waals surface area contributed by atoms with E-state index in [-0.39, 0.29) is 0 Å². The Morgan fingerprint density at radius 1 is 0.608 bits per heavy atom. The smallest absolute Gasteiger partial charge is 0.421 e. The number of likely N-dealkylation sites (tertiary alicyclic amines) is 2. The molecule has 0 aliphatic carbocycles. The number of sulfonamides is 4. The number of alkyl halides is 12. The van der Waals surface area contributed by atoms with Crippen LogP contribution < -0.4 is 4.90 Å². The number of ether oxygens (including phenoxy) is 1. The predicted molar refractivity (Wildman–Crippen MR) is 155 cm³/mol. The highest BCUT2D eigenvalue weighted by Crippen LogP contribution is 2.37. The van der Waals surface area contributed by atoms with Gasteiger partial charge in [-0.3, -0.25) is 0 Å². The minimum atomic E-state index is -6.72. The molecule has 2 fully saturated rings. The Kier molecular flexibility index (Phi) is 18.4. The van der Waals surface area contributed by atoms with E-state index in [0.29, 0.717) is 0 Å². The maximum absolute atomic E-state index is 11.4. The molecule has 0 amide bonds. The van der Waals surface area contributed by atoms with Crippen molar-refractivity contribution >= 4 is 40.1 Å². The van der Waals surface area contributed by atoms with Gasteiger partial charge in [0.05, 0.1) is 52.0 Å². The van der Waals surface area contributed by atoms with Gasteiger partial charge in [-0.2, -0.15) is 52.7 Å². The summed E-state index contributed by atoms with van der Waals surface area (Å²) in [5.74, 6) is 0. The highest BCUT2D eigenvalue weighted by Gasteiger charge is 2.48. The van der Waals surface area contributed by atoms with Gasteiger partial charge in [0, 0.05) is 6.42 Å². The van der Waals surface area contributed by atoms with Crippen molar-refractivity contribution in [3.8, 4) is 0 Å². The Hall–Kier alpha value is -1.24. The largest absolute Gasteiger partial charge is 0.480 e. The maximum atomic E-state index is 11.4. The average Bonchev–Trinajstić information content (AvgIpc) is 2.95. The second kappa shape index (κ2) is 18.9. The molecule has 1 N–H and O–H groups in total. The molecule has 0 aromatic carbocycles. The molecule has 0 saturated carbocycles. The summed E-state index contributed by atoms with van der Waals surface area (Å²) >= 11 is 0. The Bertz CT molecular complexity index is 1340. The highest BCUT2D eigenvalue weighted by atomic mass is 32.3. The van der Waals surface area contributed by atoms with E-state index < -0.39 is 62.1 Å². The zero-order valence-electron chi connectivity index (χ0n) is 26.9. The third-order valence-electron chi connectivity index (χ3n) is 7.65. The van der Waals surface area contributed by atoms with Crippen molar-refractivity contribution in [1.82, 2.24) is 0 Å². The molecule has 0 bridgehead atoms. The second-order valence-corrected chi connectivity index (χ2v) is 17.9. The minimum Gasteiger partial charge on any atom is -0.421 e. The quantitative estimate of drug-likeness (QED) is 0.173. The van der Waals surface area contributed by atoms with Gasteiger partial charge < -0.3 is 22.4 Å². The van der Waals surface area contributed by atoms with Crippen LogP contribution in [0.25, 0.3) is 8.25 Å². The minimum absolute atomic E-state index is 0.778. The second-order valence-electron chi connectivity index (χ2n) is 11.1. The van der Waals surface area contributed by atoms with Crippen LogP contribution in [0.2, 0.25) is 0 Å². The monoisotopic (exact) mass is 858 g/mol. The Labute approximate surface area is 287 Å². The fourth-order valence-corrected chi connectivity index (χ4v) is 8.28. The SMILES string of the molecule is CC[NH+]1CCCCC1CCOCC[N+]1(CC)CCCCC1.O=S(=O)([N-]S(=O)(=O)C(F)(F)F)C(F)(F)F.O=S(=O)([N-]S(=O)(=O)C(F)(F)F)C(F)(F)F. The van der Waals surface area contributed by atoms with E-state index in [1.54, 1.807) is 0 Å². The lowest BCUT2D eigenvalue weighted by atomic mass is 10.00. The molecule has 2 heterocycles. The van der Waals surface area contributed by atoms with Crippen LogP contribution in [0.15, 0.2) is 0 Å². The Morgan fingerprint density at radius 3 is 1.33 bits per heavy atom. The fraction of sp³-hybridized carbons (Fsp3) is 1.00. The molecule has 13 nitrogen and oxygen atoms in total. The Balaban J connectivity index is 0.000000756. The van der Waals surface area contributed by atoms with Gasteiger partial charge in [0.15, 0.2) is 40.1 Å². The lowest BCUT2D eigenvalue weighted by Crippen LogP contribution is -3.16. The molecule has 0 spiro atoms. The lowest BCUT2D eigenvalue weighted by molar-refractivity contribution is -0.931. The van der Waals surface area contributed by atoms with E-state index in [0.717, 1.165) is 27.5 Å². The Morgan fingerprint density at radius 2 is 1.00 bits per heavy atom. The van der Waals surface area contributed by atoms with Crippen molar-refractivity contribution in [2.75, 3.05) is 52.5 Å². The molecule has 29 heteroatoms. The number of rotatable bonds is 12. The molecule has 0 aromatic rings. The molecule has 2 saturated heterocycles. The van der Waals surface area contributed by atoms with Gasteiger partial charge in [0.25, 0.3) is 0 Å². The molecule has 2 unspecified atom stereocenters. The van der Waals surface area contributed by atoms with Crippen molar-refractivity contribution in [2.24, 2.45) is 0 Å². The molecule has 308 valence electrons. The predicted octanol–water partition coefficient (Wildman–Crippen LogP) is 3.99. The van der Waals surface area contributed by atoms with Gasteiger partial charge in [0.2, 0.25) is 0 Å². The van der Waals surface area contributed by atoms with Crippen LogP contribution >= 0.6 is 0 Å². The van der Waals surface area contributed by atoms with Gasteiger partial charge in [-0.25, -0.2) is 33.7 Å². The number of piperidine rings is 2. The van der Waals surface area contributed by atoms with E-state index in [1.807, 2.05) is 4.90 Å². The number of hydrogen-bond acceptors (Lipinski definition) is 9. The van der Waals surface area contributed by atoms with Crippen molar-refractivity contribution < 1.29 is 100 Å². The van der Waals surface area contributed by atoms with Gasteiger partial charge >= 0.3 is 22.0 Å². The third-order valence-corrected chi connectivity index (χ3v) is 13.1. The summed E-state index contributed by atoms with van der Waals surface area (Å²) in [6.07, 6.45) is 9.84. The molecule has 2 rings (SSSR count). The van der Waals surface area contributed by atoms with E-state index >= 15 is 0 Å². The van der Waals surface area contributed by atoms with Gasteiger partial charge in [-0.1, -0.05) is 0 Å². The lowest BCUT2D eigenvalue weighted by Gasteiger charge is -2.40. The molecular weight excluding hydrogens is 821 g/mol. The van der Waals surface area contributed by atoms with Gasteiger partial charge in [0.1, 0.15) is 6.54 Å². The first-order valence-electron chi connectivity index (χ1n) is 14.7. The van der Waals surface area contributed by atoms with Crippen LogP contribution in [0.5, 0.6) is 0 Å². The normalized spacial score (nSPS) is 21.1. The molecule has 0 aromatic heterocycles. The number of nitrogens with one attached hydrogen (secondary N) is 1. The zero-order valence-corrected chi connectivity index (χ0v) is 30.1. The van der Waals surface area contributed by atoms with Gasteiger partial charge in [-0.15, -0.1) is 0 Å². The van der Waals surface area contributed by atoms with Crippen LogP contribution in [0.4, 0.5) is 52.7 Å². The highest BCUT2D eigenvalue weighted by molar-refractivity contribution is 8.13. The standard InChI is InChI=1S/C18H37N2O.2C2F6NO4S2/c1-3-19-12-7-6-10-18(19)11-16-21-17-15-20(4-2)13-8-5-9-14-20;2*3-1(4,5)14(10,11)9-15(12,13)2(6,7)8/h18H,3-17H2,1-2H3;;/q+1;2*-1/p+1. The fourth-order valence-electron chi connectivity index (χ4n) is 4.86. The van der Waals surface area contributed by atoms with Crippen molar-refractivity contribution in [2.45, 2.75) is 86.9 Å². The number of halogens is 12. The molecule has 51 heavy (non-hydrogen) atoms. The summed E-state index contributed by atoms with van der Waals surface area (Å²) in [6, 6.07) is 0.869. The van der Waals surface area contributed by atoms with Crippen LogP contribution in [0, 0.1) is 0 Å². The first kappa shape index (κ1) is 49.8. The summed E-state index contributed by atoms with van der Waals surface area (Å²) < 4.78 is 226. The van der Waals surface area contributed by atoms with E-state index in [4.69, 9.17) is 4.74 Å². The first-order valence-corrected chi connectivity index (χ1v) is 20.5. The molecule has 0 radical (unpaired) electrons. The summed E-state index contributed by atoms with van der Waals surface area (Å²) in [5, 5.41) is 0. The summed E-state index contributed by atoms with van der Waals surface area (Å²) in [5.41, 5.74) is -24.8. The van der Waals surface area contributed by atoms with Crippen molar-refractivity contribution in [3.63, 3.8) is 0 Å². The molecular formula is C22H38F12N4O9S4. The maximum Gasteiger partial charge on any atom is 0.480 e. The van der Waals surface area contributed by atoms with Gasteiger partial charge in [-0.05, 0) is 52.4 Å². The summed E-state index contributed by atoms with van der Waals surface area (Å²) in [6.45, 7) is 14.6. The topological polar surface area (TPSA) is 178 Å². The number of hydrogen-bond donors (Lipinski definition) is 1. The van der Waals surface area contributed by atoms with Crippen molar-refractivity contribution in [3.05, 3.63) is 8.25 Å².